The maximum absolute atomic E-state index is 4.79. The van der Waals surface area contributed by atoms with Crippen molar-refractivity contribution in [2.75, 3.05) is 0 Å². The molecule has 0 aromatic carbocycles. The van der Waals surface area contributed by atoms with E-state index in [2.05, 4.69) is 21.5 Å². The fraction of sp³-hybridized carbons (Fsp3) is 0. The van der Waals surface area contributed by atoms with Gasteiger partial charge in [0.2, 0.25) is 4.77 Å². The molecule has 0 aliphatic heterocycles. The van der Waals surface area contributed by atoms with E-state index < -0.39 is 0 Å². The van der Waals surface area contributed by atoms with E-state index in [-0.39, 0.29) is 0 Å². The highest BCUT2D eigenvalue weighted by Gasteiger charge is 1.85. The van der Waals surface area contributed by atoms with E-state index in [4.69, 9.17) is 24.4 Å². The third-order valence-corrected chi connectivity index (χ3v) is 1.27. The predicted molar refractivity (Wildman–Crippen MR) is 44.7 cm³/mol. The first-order chi connectivity index (χ1) is 4.72. The van der Waals surface area contributed by atoms with Crippen molar-refractivity contribution in [3.63, 3.8) is 0 Å². The molecule has 0 fully saturated rings. The van der Waals surface area contributed by atoms with E-state index >= 15 is 0 Å². The van der Waals surface area contributed by atoms with Crippen molar-refractivity contribution >= 4 is 30.5 Å². The second-order valence-electron chi connectivity index (χ2n) is 1.59. The highest BCUT2D eigenvalue weighted by Crippen LogP contribution is 1.88. The summed E-state index contributed by atoms with van der Waals surface area (Å²) < 4.78 is 0.841. The molecule has 1 heterocycles. The maximum Gasteiger partial charge on any atom is 0.200 e. The van der Waals surface area contributed by atoms with Gasteiger partial charge in [0, 0.05) is 0 Å². The fourth-order valence-electron chi connectivity index (χ4n) is 0.507. The molecular weight excluding hydrogens is 166 g/mol. The molecule has 10 heavy (non-hydrogen) atoms. The quantitative estimate of drug-likeness (QED) is 0.634. The zero-order valence-electron chi connectivity index (χ0n) is 5.05. The number of aromatic amines is 2. The highest BCUT2D eigenvalue weighted by atomic mass is 32.1. The van der Waals surface area contributed by atoms with Gasteiger partial charge >= 0.3 is 0 Å². The van der Waals surface area contributed by atoms with Crippen molar-refractivity contribution in [1.29, 1.82) is 0 Å². The smallest absolute Gasteiger partial charge is 0.200 e. The minimum atomic E-state index is 0.374. The van der Waals surface area contributed by atoms with Crippen molar-refractivity contribution in [1.82, 2.24) is 15.0 Å². The predicted octanol–water partition coefficient (Wildman–Crippen LogP) is 1.84. The van der Waals surface area contributed by atoms with Gasteiger partial charge in [-0.1, -0.05) is 6.58 Å². The molecule has 2 N–H and O–H groups in total. The van der Waals surface area contributed by atoms with Gasteiger partial charge < -0.3 is 9.97 Å². The topological polar surface area (TPSA) is 44.5 Å². The van der Waals surface area contributed by atoms with Crippen LogP contribution in [0.5, 0.6) is 0 Å². The lowest BCUT2D eigenvalue weighted by molar-refractivity contribution is 0.986. The maximum atomic E-state index is 4.79. The zero-order valence-corrected chi connectivity index (χ0v) is 6.68. The molecule has 0 saturated carbocycles. The first kappa shape index (κ1) is 7.30. The summed E-state index contributed by atoms with van der Waals surface area (Å²) in [6.45, 7) is 3.51. The van der Waals surface area contributed by atoms with Gasteiger partial charge in [0.05, 0.1) is 0 Å². The second kappa shape index (κ2) is 2.85. The Kier molecular flexibility index (Phi) is 2.08. The molecule has 0 saturated heterocycles. The molecule has 1 aromatic heterocycles. The molecule has 0 radical (unpaired) electrons. The molecule has 0 bridgehead atoms. The number of rotatable bonds is 1. The van der Waals surface area contributed by atoms with Gasteiger partial charge in [-0.25, -0.2) is 4.98 Å². The summed E-state index contributed by atoms with van der Waals surface area (Å²) in [7, 11) is 0. The summed E-state index contributed by atoms with van der Waals surface area (Å²) in [4.78, 5) is 9.29. The minimum Gasteiger partial charge on any atom is -0.317 e. The average molecular weight is 171 g/mol. The average Bonchev–Trinajstić information content (AvgIpc) is 1.85. The van der Waals surface area contributed by atoms with Crippen molar-refractivity contribution in [2.45, 2.75) is 0 Å². The van der Waals surface area contributed by atoms with Gasteiger partial charge in [-0.3, -0.25) is 0 Å². The van der Waals surface area contributed by atoms with Crippen LogP contribution in [0.1, 0.15) is 5.82 Å². The summed E-state index contributed by atoms with van der Waals surface area (Å²) in [5.74, 6) is 0.591. The Balaban J connectivity index is 3.46. The molecule has 0 aliphatic rings. The van der Waals surface area contributed by atoms with Crippen LogP contribution in [0, 0.1) is 9.54 Å². The summed E-state index contributed by atoms with van der Waals surface area (Å²) >= 11 is 9.54. The molecule has 0 spiro atoms. The fourth-order valence-corrected chi connectivity index (χ4v) is 0.973. The van der Waals surface area contributed by atoms with E-state index in [0.29, 0.717) is 15.4 Å². The van der Waals surface area contributed by atoms with Gasteiger partial charge in [0.1, 0.15) is 5.82 Å². The number of hydrogen-bond donors (Lipinski definition) is 2. The monoisotopic (exact) mass is 171 g/mol. The van der Waals surface area contributed by atoms with Crippen LogP contribution in [0.4, 0.5) is 0 Å². The van der Waals surface area contributed by atoms with Crippen LogP contribution in [0.15, 0.2) is 6.58 Å². The van der Waals surface area contributed by atoms with Crippen LogP contribution in [0.3, 0.4) is 0 Å². The lowest BCUT2D eigenvalue weighted by Crippen LogP contribution is -1.90. The third-order valence-electron chi connectivity index (χ3n) is 0.877. The molecule has 0 aliphatic carbocycles. The summed E-state index contributed by atoms with van der Waals surface area (Å²) in [6.07, 6.45) is 1.56. The van der Waals surface area contributed by atoms with Gasteiger partial charge in [0.15, 0.2) is 4.77 Å². The van der Waals surface area contributed by atoms with Gasteiger partial charge in [0.25, 0.3) is 0 Å². The molecule has 52 valence electrons. The Labute approximate surface area is 67.8 Å². The standard InChI is InChI=1S/C5H5N3S2/c1-2-3-6-4(9)8-5(10)7-3/h2H,1H2,(H2,6,7,8,9,10). The van der Waals surface area contributed by atoms with E-state index in [9.17, 15) is 0 Å². The minimum absolute atomic E-state index is 0.374. The Morgan fingerprint density at radius 1 is 1.40 bits per heavy atom. The van der Waals surface area contributed by atoms with Gasteiger partial charge in [-0.2, -0.15) is 0 Å². The zero-order chi connectivity index (χ0) is 7.56. The Bertz CT molecular complexity index is 320. The molecule has 5 heteroatoms. The van der Waals surface area contributed by atoms with Crippen LogP contribution < -0.4 is 0 Å². The Morgan fingerprint density at radius 2 is 2.10 bits per heavy atom. The third kappa shape index (κ3) is 1.58. The SMILES string of the molecule is C=Cc1nc(=S)[nH]c(=S)[nH]1. The molecule has 0 atom stereocenters. The number of nitrogens with zero attached hydrogens (tertiary/aromatic N) is 1. The lowest BCUT2D eigenvalue weighted by atomic mass is 10.6. The summed E-state index contributed by atoms with van der Waals surface area (Å²) in [6, 6.07) is 0. The molecule has 1 aromatic rings. The highest BCUT2D eigenvalue weighted by molar-refractivity contribution is 7.71. The van der Waals surface area contributed by atoms with E-state index in [1.165, 1.54) is 0 Å². The molecular formula is C5H5N3S2. The van der Waals surface area contributed by atoms with Crippen LogP contribution in [-0.2, 0) is 0 Å². The molecule has 3 nitrogen and oxygen atoms in total. The number of aromatic nitrogens is 3. The second-order valence-corrected chi connectivity index (χ2v) is 2.38. The number of hydrogen-bond acceptors (Lipinski definition) is 3. The Hall–Kier alpha value is -0.810. The van der Waals surface area contributed by atoms with Crippen molar-refractivity contribution in [2.24, 2.45) is 0 Å². The van der Waals surface area contributed by atoms with Crippen LogP contribution in [0.25, 0.3) is 6.08 Å². The first-order valence-electron chi connectivity index (χ1n) is 2.55. The van der Waals surface area contributed by atoms with Crippen LogP contribution in [-0.4, -0.2) is 15.0 Å². The van der Waals surface area contributed by atoms with E-state index in [1.54, 1.807) is 6.08 Å². The van der Waals surface area contributed by atoms with Crippen molar-refractivity contribution in [3.8, 4) is 0 Å². The van der Waals surface area contributed by atoms with Crippen molar-refractivity contribution in [3.05, 3.63) is 21.9 Å². The van der Waals surface area contributed by atoms with Crippen molar-refractivity contribution < 1.29 is 0 Å². The lowest BCUT2D eigenvalue weighted by Gasteiger charge is -1.89. The largest absolute Gasteiger partial charge is 0.317 e. The molecule has 0 amide bonds. The van der Waals surface area contributed by atoms with E-state index in [0.717, 1.165) is 0 Å². The summed E-state index contributed by atoms with van der Waals surface area (Å²) in [5, 5.41) is 0. The molecule has 0 unspecified atom stereocenters. The Morgan fingerprint density at radius 3 is 2.60 bits per heavy atom. The van der Waals surface area contributed by atoms with Gasteiger partial charge in [-0.05, 0) is 30.5 Å². The first-order valence-corrected chi connectivity index (χ1v) is 3.37. The normalized spacial score (nSPS) is 9.20. The number of H-pyrrole nitrogens is 2. The van der Waals surface area contributed by atoms with Gasteiger partial charge in [-0.15, -0.1) is 0 Å². The summed E-state index contributed by atoms with van der Waals surface area (Å²) in [5.41, 5.74) is 0. The van der Waals surface area contributed by atoms with Crippen LogP contribution in [0.2, 0.25) is 0 Å². The van der Waals surface area contributed by atoms with Crippen LogP contribution >= 0.6 is 24.4 Å². The number of nitrogens with one attached hydrogen (secondary N) is 2. The van der Waals surface area contributed by atoms with E-state index in [1.807, 2.05) is 0 Å². The molecule has 1 rings (SSSR count).